The Labute approximate surface area is 89.3 Å². The summed E-state index contributed by atoms with van der Waals surface area (Å²) in [5.41, 5.74) is 6.88. The summed E-state index contributed by atoms with van der Waals surface area (Å²) in [6, 6.07) is 6.09. The zero-order chi connectivity index (χ0) is 11.6. The summed E-state index contributed by atoms with van der Waals surface area (Å²) in [6.07, 6.45) is -2.41. The Balaban J connectivity index is 2.89. The lowest BCUT2D eigenvalue weighted by Crippen LogP contribution is -2.26. The van der Waals surface area contributed by atoms with E-state index in [0.717, 1.165) is 5.56 Å². The van der Waals surface area contributed by atoms with Crippen molar-refractivity contribution in [1.82, 2.24) is 0 Å². The number of halogens is 2. The molecule has 0 aliphatic rings. The largest absolute Gasteiger partial charge is 0.324 e. The van der Waals surface area contributed by atoms with E-state index in [1.54, 1.807) is 12.1 Å². The molecule has 15 heavy (non-hydrogen) atoms. The van der Waals surface area contributed by atoms with Crippen LogP contribution in [0.25, 0.3) is 0 Å². The van der Waals surface area contributed by atoms with Gasteiger partial charge in [0, 0.05) is 11.6 Å². The Morgan fingerprint density at radius 3 is 1.73 bits per heavy atom. The molecule has 1 atom stereocenters. The minimum Gasteiger partial charge on any atom is -0.324 e. The molecule has 0 aliphatic heterocycles. The molecule has 84 valence electrons. The van der Waals surface area contributed by atoms with E-state index in [4.69, 9.17) is 5.73 Å². The molecule has 2 N–H and O–H groups in total. The summed E-state index contributed by atoms with van der Waals surface area (Å²) < 4.78 is 24.6. The number of rotatable bonds is 2. The summed E-state index contributed by atoms with van der Waals surface area (Å²) in [5, 5.41) is 0. The van der Waals surface area contributed by atoms with Crippen LogP contribution in [0.5, 0.6) is 0 Å². The first-order chi connectivity index (χ1) is 6.82. The first kappa shape index (κ1) is 12.1. The van der Waals surface area contributed by atoms with E-state index in [1.165, 1.54) is 12.1 Å². The Bertz CT molecular complexity index is 311. The van der Waals surface area contributed by atoms with Crippen molar-refractivity contribution >= 4 is 0 Å². The number of hydrogen-bond donors (Lipinski definition) is 1. The maximum atomic E-state index is 12.3. The Morgan fingerprint density at radius 2 is 1.40 bits per heavy atom. The van der Waals surface area contributed by atoms with Crippen LogP contribution in [0, 0.1) is 5.41 Å². The third-order valence-electron chi connectivity index (χ3n) is 2.48. The first-order valence-corrected chi connectivity index (χ1v) is 4.96. The van der Waals surface area contributed by atoms with Gasteiger partial charge in [-0.1, -0.05) is 45.0 Å². The van der Waals surface area contributed by atoms with Crippen molar-refractivity contribution in [2.24, 2.45) is 11.1 Å². The molecule has 1 rings (SSSR count). The van der Waals surface area contributed by atoms with Crippen molar-refractivity contribution in [3.63, 3.8) is 0 Å². The van der Waals surface area contributed by atoms with Crippen molar-refractivity contribution in [2.45, 2.75) is 33.2 Å². The average Bonchev–Trinajstić information content (AvgIpc) is 2.15. The van der Waals surface area contributed by atoms with Crippen LogP contribution in [0.15, 0.2) is 24.3 Å². The SMILES string of the molecule is CC(C)(C)[C@H](N)c1ccc(C(F)F)cc1. The molecule has 1 aromatic carbocycles. The minimum absolute atomic E-state index is 0.0415. The van der Waals surface area contributed by atoms with Crippen LogP contribution in [0.3, 0.4) is 0 Å². The fraction of sp³-hybridized carbons (Fsp3) is 0.500. The molecule has 1 nitrogen and oxygen atoms in total. The van der Waals surface area contributed by atoms with Gasteiger partial charge in [0.05, 0.1) is 0 Å². The van der Waals surface area contributed by atoms with Crippen LogP contribution in [-0.2, 0) is 0 Å². The van der Waals surface area contributed by atoms with Crippen LogP contribution in [0.2, 0.25) is 0 Å². The Morgan fingerprint density at radius 1 is 1.00 bits per heavy atom. The van der Waals surface area contributed by atoms with E-state index in [9.17, 15) is 8.78 Å². The molecule has 0 spiro atoms. The molecule has 0 amide bonds. The predicted octanol–water partition coefficient (Wildman–Crippen LogP) is 3.67. The molecule has 0 aliphatic carbocycles. The standard InChI is InChI=1S/C12H17F2N/c1-12(2,3)10(15)8-4-6-9(7-5-8)11(13)14/h4-7,10-11H,15H2,1-3H3/t10-/m1/s1. The molecule has 0 bridgehead atoms. The minimum atomic E-state index is -2.41. The molecule has 0 fully saturated rings. The van der Waals surface area contributed by atoms with Crippen molar-refractivity contribution in [2.75, 3.05) is 0 Å². The molecule has 0 unspecified atom stereocenters. The highest BCUT2D eigenvalue weighted by molar-refractivity contribution is 5.26. The molecule has 1 aromatic rings. The van der Waals surface area contributed by atoms with Gasteiger partial charge >= 0.3 is 0 Å². The zero-order valence-corrected chi connectivity index (χ0v) is 9.30. The lowest BCUT2D eigenvalue weighted by molar-refractivity contribution is 0.151. The molecule has 0 radical (unpaired) electrons. The van der Waals surface area contributed by atoms with Crippen LogP contribution in [0.1, 0.15) is 44.4 Å². The van der Waals surface area contributed by atoms with Crippen molar-refractivity contribution in [3.8, 4) is 0 Å². The van der Waals surface area contributed by atoms with Crippen LogP contribution in [-0.4, -0.2) is 0 Å². The topological polar surface area (TPSA) is 26.0 Å². The van der Waals surface area contributed by atoms with Gasteiger partial charge < -0.3 is 5.73 Å². The second-order valence-electron chi connectivity index (χ2n) is 4.81. The van der Waals surface area contributed by atoms with Crippen LogP contribution < -0.4 is 5.73 Å². The second kappa shape index (κ2) is 4.27. The number of nitrogens with two attached hydrogens (primary N) is 1. The lowest BCUT2D eigenvalue weighted by atomic mass is 9.83. The van der Waals surface area contributed by atoms with Crippen molar-refractivity contribution in [1.29, 1.82) is 0 Å². The van der Waals surface area contributed by atoms with E-state index in [1.807, 2.05) is 20.8 Å². The summed E-state index contributed by atoms with van der Waals surface area (Å²) in [7, 11) is 0. The quantitative estimate of drug-likeness (QED) is 0.797. The van der Waals surface area contributed by atoms with Gasteiger partial charge in [0.15, 0.2) is 0 Å². The third kappa shape index (κ3) is 2.99. The summed E-state index contributed by atoms with van der Waals surface area (Å²) in [6.45, 7) is 6.08. The van der Waals surface area contributed by atoms with E-state index >= 15 is 0 Å². The van der Waals surface area contributed by atoms with Crippen LogP contribution >= 0.6 is 0 Å². The molecule has 0 aromatic heterocycles. The maximum Gasteiger partial charge on any atom is 0.263 e. The fourth-order valence-corrected chi connectivity index (χ4v) is 1.35. The molecular weight excluding hydrogens is 196 g/mol. The van der Waals surface area contributed by atoms with Gasteiger partial charge in [0.2, 0.25) is 0 Å². The van der Waals surface area contributed by atoms with Crippen molar-refractivity contribution < 1.29 is 8.78 Å². The van der Waals surface area contributed by atoms with Crippen LogP contribution in [0.4, 0.5) is 8.78 Å². The van der Waals surface area contributed by atoms with Crippen molar-refractivity contribution in [3.05, 3.63) is 35.4 Å². The first-order valence-electron chi connectivity index (χ1n) is 4.96. The number of alkyl halides is 2. The lowest BCUT2D eigenvalue weighted by Gasteiger charge is -2.27. The summed E-state index contributed by atoms with van der Waals surface area (Å²) in [5.74, 6) is 0. The van der Waals surface area contributed by atoms with E-state index in [2.05, 4.69) is 0 Å². The Kier molecular flexibility index (Phi) is 3.45. The highest BCUT2D eigenvalue weighted by Crippen LogP contribution is 2.31. The highest BCUT2D eigenvalue weighted by atomic mass is 19.3. The Hall–Kier alpha value is -0.960. The fourth-order valence-electron chi connectivity index (χ4n) is 1.35. The van der Waals surface area contributed by atoms with E-state index in [-0.39, 0.29) is 17.0 Å². The van der Waals surface area contributed by atoms with Gasteiger partial charge in [0.25, 0.3) is 6.43 Å². The van der Waals surface area contributed by atoms with E-state index < -0.39 is 6.43 Å². The van der Waals surface area contributed by atoms with E-state index in [0.29, 0.717) is 0 Å². The van der Waals surface area contributed by atoms with Gasteiger partial charge in [-0.2, -0.15) is 0 Å². The predicted molar refractivity (Wildman–Crippen MR) is 57.8 cm³/mol. The summed E-state index contributed by atoms with van der Waals surface area (Å²) >= 11 is 0. The molecule has 0 saturated carbocycles. The van der Waals surface area contributed by atoms with Gasteiger partial charge in [0.1, 0.15) is 0 Å². The number of hydrogen-bond acceptors (Lipinski definition) is 1. The zero-order valence-electron chi connectivity index (χ0n) is 9.30. The summed E-state index contributed by atoms with van der Waals surface area (Å²) in [4.78, 5) is 0. The monoisotopic (exact) mass is 213 g/mol. The smallest absolute Gasteiger partial charge is 0.263 e. The van der Waals surface area contributed by atoms with Gasteiger partial charge in [-0.3, -0.25) is 0 Å². The third-order valence-corrected chi connectivity index (χ3v) is 2.48. The average molecular weight is 213 g/mol. The second-order valence-corrected chi connectivity index (χ2v) is 4.81. The van der Waals surface area contributed by atoms with Gasteiger partial charge in [-0.25, -0.2) is 8.78 Å². The van der Waals surface area contributed by atoms with Gasteiger partial charge in [-0.05, 0) is 11.0 Å². The molecule has 0 heterocycles. The maximum absolute atomic E-state index is 12.3. The molecule has 3 heteroatoms. The number of benzene rings is 1. The van der Waals surface area contributed by atoms with Gasteiger partial charge in [-0.15, -0.1) is 0 Å². The normalized spacial score (nSPS) is 14.3. The highest BCUT2D eigenvalue weighted by Gasteiger charge is 2.22. The molecular formula is C12H17F2N. The molecule has 0 saturated heterocycles.